The van der Waals surface area contributed by atoms with Gasteiger partial charge in [-0.3, -0.25) is 14.9 Å². The Morgan fingerprint density at radius 1 is 1.30 bits per heavy atom. The molecule has 2 aromatic rings. The van der Waals surface area contributed by atoms with E-state index in [4.69, 9.17) is 9.47 Å². The number of benzene rings is 1. The van der Waals surface area contributed by atoms with Crippen molar-refractivity contribution in [1.29, 1.82) is 0 Å². The summed E-state index contributed by atoms with van der Waals surface area (Å²) in [6.07, 6.45) is 0.678. The largest absolute Gasteiger partial charge is 0.481 e. The number of nitro benzene ring substituents is 1. The molecule has 0 fully saturated rings. The number of carbonyl (C=O) groups is 2. The van der Waals surface area contributed by atoms with E-state index in [9.17, 15) is 24.1 Å². The maximum atomic E-state index is 13.8. The van der Waals surface area contributed by atoms with Crippen LogP contribution in [0.25, 0.3) is 0 Å². The number of thiophene rings is 1. The quantitative estimate of drug-likeness (QED) is 0.415. The highest BCUT2D eigenvalue weighted by Crippen LogP contribution is 2.29. The summed E-state index contributed by atoms with van der Waals surface area (Å²) in [6, 6.07) is 4.50. The van der Waals surface area contributed by atoms with Crippen LogP contribution >= 0.6 is 11.3 Å². The van der Waals surface area contributed by atoms with Crippen LogP contribution in [0, 0.1) is 15.9 Å². The fraction of sp³-hybridized carbons (Fsp3) is 0.294. The summed E-state index contributed by atoms with van der Waals surface area (Å²) in [7, 11) is 0. The molecule has 1 heterocycles. The SMILES string of the molecule is CCOC(=O)c1cc(CC)sc1NC(=O)COc1ccc([N+](=O)[O-])cc1F. The molecular formula is C17H17FN2O6S. The molecule has 27 heavy (non-hydrogen) atoms. The molecule has 144 valence electrons. The lowest BCUT2D eigenvalue weighted by atomic mass is 10.2. The first kappa shape index (κ1) is 20.3. The number of non-ortho nitro benzene ring substituents is 1. The Kier molecular flexibility index (Phi) is 6.83. The van der Waals surface area contributed by atoms with Gasteiger partial charge in [-0.1, -0.05) is 6.92 Å². The van der Waals surface area contributed by atoms with Crippen molar-refractivity contribution in [2.75, 3.05) is 18.5 Å². The number of carbonyl (C=O) groups excluding carboxylic acids is 2. The van der Waals surface area contributed by atoms with Crippen molar-refractivity contribution in [3.63, 3.8) is 0 Å². The lowest BCUT2D eigenvalue weighted by molar-refractivity contribution is -0.385. The second-order valence-corrected chi connectivity index (χ2v) is 6.37. The molecule has 1 N–H and O–H groups in total. The third-order valence-corrected chi connectivity index (χ3v) is 4.56. The Balaban J connectivity index is 2.05. The number of amides is 1. The molecule has 0 aliphatic rings. The van der Waals surface area contributed by atoms with Gasteiger partial charge < -0.3 is 14.8 Å². The Bertz CT molecular complexity index is 867. The summed E-state index contributed by atoms with van der Waals surface area (Å²) in [5.41, 5.74) is -0.178. The predicted molar refractivity (Wildman–Crippen MR) is 96.8 cm³/mol. The first-order valence-electron chi connectivity index (χ1n) is 8.02. The number of aryl methyl sites for hydroxylation is 1. The van der Waals surface area contributed by atoms with Gasteiger partial charge in [0.2, 0.25) is 0 Å². The van der Waals surface area contributed by atoms with Crippen LogP contribution in [0.4, 0.5) is 15.1 Å². The van der Waals surface area contributed by atoms with Crippen molar-refractivity contribution >= 4 is 33.9 Å². The first-order chi connectivity index (χ1) is 12.8. The molecule has 0 radical (unpaired) electrons. The van der Waals surface area contributed by atoms with Gasteiger partial charge in [-0.2, -0.15) is 0 Å². The molecule has 0 atom stereocenters. The minimum atomic E-state index is -0.950. The standard InChI is InChI=1S/C17H17FN2O6S/c1-3-11-8-12(17(22)25-4-2)16(27-11)19-15(21)9-26-14-6-5-10(20(23)24)7-13(14)18/h5-8H,3-4,9H2,1-2H3,(H,19,21). The molecule has 8 nitrogen and oxygen atoms in total. The lowest BCUT2D eigenvalue weighted by Crippen LogP contribution is -2.21. The van der Waals surface area contributed by atoms with Crippen LogP contribution in [0.3, 0.4) is 0 Å². The number of anilines is 1. The smallest absolute Gasteiger partial charge is 0.341 e. The van der Waals surface area contributed by atoms with Crippen molar-refractivity contribution in [3.05, 3.63) is 50.6 Å². The van der Waals surface area contributed by atoms with E-state index >= 15 is 0 Å². The van der Waals surface area contributed by atoms with Gasteiger partial charge >= 0.3 is 5.97 Å². The molecule has 1 aromatic heterocycles. The van der Waals surface area contributed by atoms with Crippen LogP contribution < -0.4 is 10.1 Å². The zero-order chi connectivity index (χ0) is 20.0. The van der Waals surface area contributed by atoms with Crippen LogP contribution in [0.5, 0.6) is 5.75 Å². The van der Waals surface area contributed by atoms with E-state index in [2.05, 4.69) is 5.32 Å². The monoisotopic (exact) mass is 396 g/mol. The predicted octanol–water partition coefficient (Wildman–Crippen LogP) is 3.55. The normalized spacial score (nSPS) is 10.3. The molecule has 0 spiro atoms. The van der Waals surface area contributed by atoms with Gasteiger partial charge in [0.15, 0.2) is 18.2 Å². The summed E-state index contributed by atoms with van der Waals surface area (Å²) in [6.45, 7) is 3.26. The van der Waals surface area contributed by atoms with Crippen LogP contribution in [0.1, 0.15) is 29.1 Å². The van der Waals surface area contributed by atoms with Crippen molar-refractivity contribution in [2.45, 2.75) is 20.3 Å². The van der Waals surface area contributed by atoms with Gasteiger partial charge in [-0.15, -0.1) is 11.3 Å². The zero-order valence-corrected chi connectivity index (χ0v) is 15.4. The Labute approximate surface area is 158 Å². The molecule has 1 amide bonds. The number of nitro groups is 1. The van der Waals surface area contributed by atoms with Crippen LogP contribution in [-0.2, 0) is 16.0 Å². The summed E-state index contributed by atoms with van der Waals surface area (Å²) >= 11 is 1.23. The molecule has 0 unspecified atom stereocenters. The second-order valence-electron chi connectivity index (χ2n) is 5.24. The molecule has 0 aliphatic carbocycles. The zero-order valence-electron chi connectivity index (χ0n) is 14.6. The van der Waals surface area contributed by atoms with Gasteiger partial charge in [0.05, 0.1) is 23.2 Å². The molecule has 1 aromatic carbocycles. The van der Waals surface area contributed by atoms with Crippen molar-refractivity contribution in [2.24, 2.45) is 0 Å². The highest BCUT2D eigenvalue weighted by atomic mass is 32.1. The molecule has 0 bridgehead atoms. The molecule has 0 aliphatic heterocycles. The maximum Gasteiger partial charge on any atom is 0.341 e. The molecular weight excluding hydrogens is 379 g/mol. The summed E-state index contributed by atoms with van der Waals surface area (Å²) < 4.78 is 23.8. The number of esters is 1. The van der Waals surface area contributed by atoms with E-state index in [0.29, 0.717) is 17.5 Å². The molecule has 0 saturated carbocycles. The van der Waals surface area contributed by atoms with Crippen molar-refractivity contribution in [3.8, 4) is 5.75 Å². The topological polar surface area (TPSA) is 108 Å². The highest BCUT2D eigenvalue weighted by Gasteiger charge is 2.19. The Hall–Kier alpha value is -3.01. The van der Waals surface area contributed by atoms with E-state index in [-0.39, 0.29) is 17.9 Å². The first-order valence-corrected chi connectivity index (χ1v) is 8.83. The molecule has 2 rings (SSSR count). The maximum absolute atomic E-state index is 13.8. The van der Waals surface area contributed by atoms with E-state index in [1.165, 1.54) is 11.3 Å². The van der Waals surface area contributed by atoms with E-state index in [1.807, 2.05) is 6.92 Å². The van der Waals surface area contributed by atoms with Gasteiger partial charge in [-0.05, 0) is 25.5 Å². The van der Waals surface area contributed by atoms with Gasteiger partial charge in [0, 0.05) is 10.9 Å². The minimum absolute atomic E-state index is 0.200. The third kappa shape index (κ3) is 5.23. The minimum Gasteiger partial charge on any atom is -0.481 e. The average molecular weight is 396 g/mol. The fourth-order valence-electron chi connectivity index (χ4n) is 2.10. The van der Waals surface area contributed by atoms with Crippen LogP contribution in [0.2, 0.25) is 0 Å². The summed E-state index contributed by atoms with van der Waals surface area (Å²) in [4.78, 5) is 34.8. The lowest BCUT2D eigenvalue weighted by Gasteiger charge is -2.08. The van der Waals surface area contributed by atoms with Gasteiger partial charge in [0.25, 0.3) is 11.6 Å². The Morgan fingerprint density at radius 2 is 2.04 bits per heavy atom. The number of halogens is 1. The van der Waals surface area contributed by atoms with Gasteiger partial charge in [-0.25, -0.2) is 9.18 Å². The average Bonchev–Trinajstić information content (AvgIpc) is 3.03. The number of nitrogens with one attached hydrogen (secondary N) is 1. The molecule has 10 heteroatoms. The summed E-state index contributed by atoms with van der Waals surface area (Å²) in [5, 5.41) is 13.5. The van der Waals surface area contributed by atoms with E-state index in [1.54, 1.807) is 13.0 Å². The second kappa shape index (κ2) is 9.08. The van der Waals surface area contributed by atoms with Crippen LogP contribution in [-0.4, -0.2) is 30.0 Å². The number of hydrogen-bond acceptors (Lipinski definition) is 7. The number of hydrogen-bond donors (Lipinski definition) is 1. The third-order valence-electron chi connectivity index (χ3n) is 3.36. The highest BCUT2D eigenvalue weighted by molar-refractivity contribution is 7.16. The van der Waals surface area contributed by atoms with E-state index < -0.39 is 34.9 Å². The number of ether oxygens (including phenoxy) is 2. The van der Waals surface area contributed by atoms with Gasteiger partial charge in [0.1, 0.15) is 5.00 Å². The Morgan fingerprint density at radius 3 is 2.63 bits per heavy atom. The fourth-order valence-corrected chi connectivity index (χ4v) is 3.10. The summed E-state index contributed by atoms with van der Waals surface area (Å²) in [5.74, 6) is -2.40. The molecule has 0 saturated heterocycles. The van der Waals surface area contributed by atoms with Crippen LogP contribution in [0.15, 0.2) is 24.3 Å². The van der Waals surface area contributed by atoms with Crippen molar-refractivity contribution < 1.29 is 28.4 Å². The number of nitrogens with zero attached hydrogens (tertiary/aromatic N) is 1. The van der Waals surface area contributed by atoms with Crippen molar-refractivity contribution in [1.82, 2.24) is 0 Å². The van der Waals surface area contributed by atoms with E-state index in [0.717, 1.165) is 17.0 Å². The number of rotatable bonds is 8.